The van der Waals surface area contributed by atoms with Crippen molar-refractivity contribution in [1.29, 1.82) is 0 Å². The molecule has 0 unspecified atom stereocenters. The highest BCUT2D eigenvalue weighted by molar-refractivity contribution is 7.00. The van der Waals surface area contributed by atoms with E-state index in [1.807, 2.05) is 18.2 Å². The first-order valence-corrected chi connectivity index (χ1v) is 4.62. The fourth-order valence-corrected chi connectivity index (χ4v) is 1.71. The summed E-state index contributed by atoms with van der Waals surface area (Å²) in [5.41, 5.74) is 2.64. The Morgan fingerprint density at radius 2 is 2.07 bits per heavy atom. The summed E-state index contributed by atoms with van der Waals surface area (Å²) in [6, 6.07) is 5.70. The van der Waals surface area contributed by atoms with Crippen molar-refractivity contribution in [3.05, 3.63) is 24.5 Å². The predicted molar refractivity (Wildman–Crippen MR) is 50.1 cm³/mol. The molecule has 1 aromatic carbocycles. The summed E-state index contributed by atoms with van der Waals surface area (Å²) >= 11 is 1.20. The Labute approximate surface area is 82.5 Å². The zero-order chi connectivity index (χ0) is 9.38. The van der Waals surface area contributed by atoms with Crippen LogP contribution in [-0.2, 0) is 0 Å². The fraction of sp³-hybridized carbons (Fsp3) is 0. The van der Waals surface area contributed by atoms with Gasteiger partial charge in [-0.05, 0) is 28.6 Å². The SMILES string of the molecule is c1cc2nsnc2cc1-n1cnnn1. The summed E-state index contributed by atoms with van der Waals surface area (Å²) < 4.78 is 9.83. The normalized spacial score (nSPS) is 10.9. The van der Waals surface area contributed by atoms with E-state index in [-0.39, 0.29) is 0 Å². The zero-order valence-electron chi connectivity index (χ0n) is 6.90. The number of nitrogens with zero attached hydrogens (tertiary/aromatic N) is 6. The maximum Gasteiger partial charge on any atom is 0.143 e. The Kier molecular flexibility index (Phi) is 1.51. The molecule has 2 aromatic heterocycles. The summed E-state index contributed by atoms with van der Waals surface area (Å²) in [5.74, 6) is 0. The van der Waals surface area contributed by atoms with E-state index in [0.717, 1.165) is 16.7 Å². The van der Waals surface area contributed by atoms with Crippen molar-refractivity contribution in [3.63, 3.8) is 0 Å². The van der Waals surface area contributed by atoms with Crippen molar-refractivity contribution in [3.8, 4) is 5.69 Å². The standard InChI is InChI=1S/C7H4N6S/c1-2-6-7(10-14-9-6)3-5(1)13-4-8-11-12-13/h1-4H. The molecule has 2 heterocycles. The molecule has 68 valence electrons. The molecular weight excluding hydrogens is 200 g/mol. The third kappa shape index (κ3) is 1.06. The number of fused-ring (bicyclic) bond motifs is 1. The predicted octanol–water partition coefficient (Wildman–Crippen LogP) is 0.667. The van der Waals surface area contributed by atoms with Crippen molar-refractivity contribution in [2.45, 2.75) is 0 Å². The van der Waals surface area contributed by atoms with E-state index in [1.165, 1.54) is 11.7 Å². The smallest absolute Gasteiger partial charge is 0.143 e. The Balaban J connectivity index is 2.23. The first kappa shape index (κ1) is 7.51. The molecule has 0 aliphatic heterocycles. The fourth-order valence-electron chi connectivity index (χ4n) is 1.19. The molecule has 0 aliphatic carbocycles. The number of hydrogen-bond donors (Lipinski definition) is 0. The van der Waals surface area contributed by atoms with E-state index < -0.39 is 0 Å². The second-order valence-corrected chi connectivity index (χ2v) is 3.22. The molecule has 0 saturated carbocycles. The van der Waals surface area contributed by atoms with Crippen LogP contribution < -0.4 is 0 Å². The van der Waals surface area contributed by atoms with E-state index in [9.17, 15) is 0 Å². The van der Waals surface area contributed by atoms with E-state index in [4.69, 9.17) is 0 Å². The van der Waals surface area contributed by atoms with Crippen LogP contribution in [0.25, 0.3) is 16.7 Å². The summed E-state index contributed by atoms with van der Waals surface area (Å²) in [7, 11) is 0. The molecule has 0 atom stereocenters. The quantitative estimate of drug-likeness (QED) is 0.582. The third-order valence-electron chi connectivity index (χ3n) is 1.85. The molecule has 0 N–H and O–H groups in total. The molecule has 0 amide bonds. The second-order valence-electron chi connectivity index (χ2n) is 2.69. The monoisotopic (exact) mass is 204 g/mol. The number of benzene rings is 1. The second kappa shape index (κ2) is 2.81. The summed E-state index contributed by atoms with van der Waals surface area (Å²) in [6.07, 6.45) is 1.54. The topological polar surface area (TPSA) is 69.4 Å². The Morgan fingerprint density at radius 1 is 1.14 bits per heavy atom. The van der Waals surface area contributed by atoms with Crippen LogP contribution in [0.3, 0.4) is 0 Å². The molecular formula is C7H4N6S. The zero-order valence-corrected chi connectivity index (χ0v) is 7.72. The van der Waals surface area contributed by atoms with Crippen molar-refractivity contribution in [1.82, 2.24) is 29.0 Å². The number of tetrazole rings is 1. The molecule has 0 saturated heterocycles. The van der Waals surface area contributed by atoms with E-state index in [2.05, 4.69) is 24.3 Å². The lowest BCUT2D eigenvalue weighted by Gasteiger charge is -1.96. The largest absolute Gasteiger partial charge is 0.200 e. The molecule has 6 nitrogen and oxygen atoms in total. The lowest BCUT2D eigenvalue weighted by atomic mass is 10.3. The molecule has 3 rings (SSSR count). The molecule has 0 radical (unpaired) electrons. The minimum Gasteiger partial charge on any atom is -0.200 e. The highest BCUT2D eigenvalue weighted by Crippen LogP contribution is 2.15. The maximum atomic E-state index is 4.14. The van der Waals surface area contributed by atoms with Gasteiger partial charge in [0.25, 0.3) is 0 Å². The van der Waals surface area contributed by atoms with Gasteiger partial charge in [-0.25, -0.2) is 4.68 Å². The van der Waals surface area contributed by atoms with Gasteiger partial charge in [0.15, 0.2) is 0 Å². The van der Waals surface area contributed by atoms with Crippen molar-refractivity contribution >= 4 is 22.8 Å². The first-order chi connectivity index (χ1) is 6.93. The minimum atomic E-state index is 0.864. The van der Waals surface area contributed by atoms with Crippen LogP contribution >= 0.6 is 11.7 Å². The van der Waals surface area contributed by atoms with E-state index in [1.54, 1.807) is 11.0 Å². The molecule has 0 fully saturated rings. The number of hydrogen-bond acceptors (Lipinski definition) is 6. The van der Waals surface area contributed by atoms with Gasteiger partial charge in [0.1, 0.15) is 17.4 Å². The van der Waals surface area contributed by atoms with Gasteiger partial charge in [-0.1, -0.05) is 0 Å². The summed E-state index contributed by atoms with van der Waals surface area (Å²) in [4.78, 5) is 0. The number of aromatic nitrogens is 6. The lowest BCUT2D eigenvalue weighted by Crippen LogP contribution is -1.94. The molecule has 7 heteroatoms. The Morgan fingerprint density at radius 3 is 2.93 bits per heavy atom. The van der Waals surface area contributed by atoms with Crippen LogP contribution in [0.4, 0.5) is 0 Å². The van der Waals surface area contributed by atoms with Gasteiger partial charge in [0.05, 0.1) is 17.4 Å². The van der Waals surface area contributed by atoms with E-state index in [0.29, 0.717) is 0 Å². The van der Waals surface area contributed by atoms with Crippen molar-refractivity contribution in [2.24, 2.45) is 0 Å². The Hall–Kier alpha value is -1.89. The van der Waals surface area contributed by atoms with Crippen molar-refractivity contribution < 1.29 is 0 Å². The van der Waals surface area contributed by atoms with Crippen LogP contribution in [0.15, 0.2) is 24.5 Å². The minimum absolute atomic E-state index is 0.864. The first-order valence-electron chi connectivity index (χ1n) is 3.89. The molecule has 0 aliphatic rings. The highest BCUT2D eigenvalue weighted by atomic mass is 32.1. The van der Waals surface area contributed by atoms with Crippen LogP contribution in [0.5, 0.6) is 0 Å². The van der Waals surface area contributed by atoms with Gasteiger partial charge in [-0.2, -0.15) is 8.75 Å². The van der Waals surface area contributed by atoms with Crippen LogP contribution in [0, 0.1) is 0 Å². The van der Waals surface area contributed by atoms with Crippen molar-refractivity contribution in [2.75, 3.05) is 0 Å². The Bertz CT molecular complexity index is 556. The molecule has 14 heavy (non-hydrogen) atoms. The van der Waals surface area contributed by atoms with Gasteiger partial charge in [0.2, 0.25) is 0 Å². The molecule has 0 bridgehead atoms. The third-order valence-corrected chi connectivity index (χ3v) is 2.41. The molecule has 3 aromatic rings. The van der Waals surface area contributed by atoms with Gasteiger partial charge >= 0.3 is 0 Å². The average molecular weight is 204 g/mol. The number of rotatable bonds is 1. The highest BCUT2D eigenvalue weighted by Gasteiger charge is 2.02. The lowest BCUT2D eigenvalue weighted by molar-refractivity contribution is 0.790. The van der Waals surface area contributed by atoms with Gasteiger partial charge in [-0.3, -0.25) is 0 Å². The van der Waals surface area contributed by atoms with E-state index >= 15 is 0 Å². The van der Waals surface area contributed by atoms with Crippen LogP contribution in [-0.4, -0.2) is 29.0 Å². The van der Waals surface area contributed by atoms with Gasteiger partial charge < -0.3 is 0 Å². The average Bonchev–Trinajstić information content (AvgIpc) is 2.88. The van der Waals surface area contributed by atoms with Gasteiger partial charge in [0, 0.05) is 0 Å². The van der Waals surface area contributed by atoms with Crippen LogP contribution in [0.1, 0.15) is 0 Å². The summed E-state index contributed by atoms with van der Waals surface area (Å²) in [6.45, 7) is 0. The van der Waals surface area contributed by atoms with Gasteiger partial charge in [-0.15, -0.1) is 5.10 Å². The molecule has 0 spiro atoms. The summed E-state index contributed by atoms with van der Waals surface area (Å²) in [5, 5.41) is 10.9. The maximum absolute atomic E-state index is 4.14. The van der Waals surface area contributed by atoms with Crippen LogP contribution in [0.2, 0.25) is 0 Å².